The highest BCUT2D eigenvalue weighted by atomic mass is 16.6. The topological polar surface area (TPSA) is 102 Å². The van der Waals surface area contributed by atoms with Gasteiger partial charge in [0, 0.05) is 30.9 Å². The van der Waals surface area contributed by atoms with E-state index in [0.717, 1.165) is 5.56 Å². The van der Waals surface area contributed by atoms with Gasteiger partial charge in [0.25, 0.3) is 5.69 Å². The van der Waals surface area contributed by atoms with Gasteiger partial charge in [-0.3, -0.25) is 19.6 Å². The second-order valence-corrected chi connectivity index (χ2v) is 5.25. The Balaban J connectivity index is 2.12. The van der Waals surface area contributed by atoms with E-state index in [9.17, 15) is 14.9 Å². The number of carbonyl (C=O) groups excluding carboxylic acids is 1. The number of aryl methyl sites for hydroxylation is 1. The smallest absolute Gasteiger partial charge is 0.269 e. The lowest BCUT2D eigenvalue weighted by atomic mass is 10.1. The molecule has 2 aromatic rings. The van der Waals surface area contributed by atoms with Gasteiger partial charge in [0.2, 0.25) is 5.91 Å². The molecule has 1 amide bonds. The third kappa shape index (κ3) is 3.92. The van der Waals surface area contributed by atoms with Crippen molar-refractivity contribution in [1.29, 1.82) is 0 Å². The molecule has 8 nitrogen and oxygen atoms in total. The van der Waals surface area contributed by atoms with Crippen LogP contribution in [-0.2, 0) is 11.8 Å². The molecule has 0 spiro atoms. The molecule has 2 unspecified atom stereocenters. The monoisotopic (exact) mass is 317 g/mol. The van der Waals surface area contributed by atoms with Crippen LogP contribution in [0, 0.1) is 10.1 Å². The first-order chi connectivity index (χ1) is 10.9. The lowest BCUT2D eigenvalue weighted by molar-refractivity contribution is -0.384. The third-order valence-electron chi connectivity index (χ3n) is 3.55. The lowest BCUT2D eigenvalue weighted by Gasteiger charge is -2.19. The Hall–Kier alpha value is -2.74. The first-order valence-corrected chi connectivity index (χ1v) is 7.13. The number of nitro groups is 1. The Morgan fingerprint density at radius 2 is 2.13 bits per heavy atom. The molecule has 122 valence electrons. The van der Waals surface area contributed by atoms with Gasteiger partial charge >= 0.3 is 0 Å². The van der Waals surface area contributed by atoms with Gasteiger partial charge in [0.15, 0.2) is 0 Å². The molecule has 0 saturated heterocycles. The molecule has 2 atom stereocenters. The fourth-order valence-electron chi connectivity index (χ4n) is 2.33. The predicted octanol–water partition coefficient (Wildman–Crippen LogP) is 1.47. The van der Waals surface area contributed by atoms with E-state index in [1.165, 1.54) is 12.1 Å². The van der Waals surface area contributed by atoms with Crippen LogP contribution in [0.5, 0.6) is 0 Å². The number of amides is 1. The zero-order valence-electron chi connectivity index (χ0n) is 13.2. The summed E-state index contributed by atoms with van der Waals surface area (Å²) < 4.78 is 1.62. The van der Waals surface area contributed by atoms with E-state index in [1.807, 2.05) is 0 Å². The summed E-state index contributed by atoms with van der Waals surface area (Å²) in [5.41, 5.74) is 1.42. The van der Waals surface area contributed by atoms with Crippen LogP contribution >= 0.6 is 0 Å². The number of likely N-dealkylation sites (N-methyl/N-ethyl adjacent to an activating group) is 1. The number of carbonyl (C=O) groups is 1. The molecule has 1 aromatic heterocycles. The molecule has 0 saturated carbocycles. The molecule has 0 aliphatic carbocycles. The Labute approximate surface area is 133 Å². The van der Waals surface area contributed by atoms with Gasteiger partial charge in [-0.2, -0.15) is 5.10 Å². The first kappa shape index (κ1) is 16.6. The highest BCUT2D eigenvalue weighted by Gasteiger charge is 2.22. The van der Waals surface area contributed by atoms with Gasteiger partial charge in [0.05, 0.1) is 17.2 Å². The van der Waals surface area contributed by atoms with E-state index in [4.69, 9.17) is 0 Å². The van der Waals surface area contributed by atoms with Crippen molar-refractivity contribution in [3.05, 3.63) is 57.9 Å². The van der Waals surface area contributed by atoms with Gasteiger partial charge in [-0.15, -0.1) is 0 Å². The maximum Gasteiger partial charge on any atom is 0.269 e. The maximum atomic E-state index is 12.4. The Bertz CT molecular complexity index is 713. The summed E-state index contributed by atoms with van der Waals surface area (Å²) in [6.45, 7) is 1.78. The molecule has 23 heavy (non-hydrogen) atoms. The summed E-state index contributed by atoms with van der Waals surface area (Å²) in [5.74, 6) is -0.223. The fraction of sp³-hybridized carbons (Fsp3) is 0.333. The number of hydrogen-bond donors (Lipinski definition) is 2. The van der Waals surface area contributed by atoms with Crippen LogP contribution in [0.3, 0.4) is 0 Å². The van der Waals surface area contributed by atoms with E-state index < -0.39 is 11.0 Å². The van der Waals surface area contributed by atoms with Gasteiger partial charge in [-0.05, 0) is 19.5 Å². The number of nitrogens with zero attached hydrogens (tertiary/aromatic N) is 3. The first-order valence-electron chi connectivity index (χ1n) is 7.13. The zero-order chi connectivity index (χ0) is 17.0. The van der Waals surface area contributed by atoms with Crippen molar-refractivity contribution in [3.8, 4) is 0 Å². The fourth-order valence-corrected chi connectivity index (χ4v) is 2.33. The second-order valence-electron chi connectivity index (χ2n) is 5.25. The minimum absolute atomic E-state index is 0.000949. The number of non-ortho nitro benzene ring substituents is 1. The zero-order valence-corrected chi connectivity index (χ0v) is 13.2. The van der Waals surface area contributed by atoms with Crippen LogP contribution in [0.2, 0.25) is 0 Å². The maximum absolute atomic E-state index is 12.4. The van der Waals surface area contributed by atoms with Crippen molar-refractivity contribution in [1.82, 2.24) is 20.4 Å². The van der Waals surface area contributed by atoms with E-state index in [-0.39, 0.29) is 17.6 Å². The number of hydrogen-bond acceptors (Lipinski definition) is 5. The average molecular weight is 317 g/mol. The van der Waals surface area contributed by atoms with Crippen LogP contribution in [0.1, 0.15) is 30.1 Å². The van der Waals surface area contributed by atoms with Gasteiger partial charge in [0.1, 0.15) is 6.04 Å². The Kier molecular flexibility index (Phi) is 5.07. The molecule has 0 radical (unpaired) electrons. The van der Waals surface area contributed by atoms with E-state index >= 15 is 0 Å². The third-order valence-corrected chi connectivity index (χ3v) is 3.55. The number of aromatic nitrogens is 2. The summed E-state index contributed by atoms with van der Waals surface area (Å²) in [4.78, 5) is 22.8. The minimum atomic E-state index is -0.537. The predicted molar refractivity (Wildman–Crippen MR) is 84.7 cm³/mol. The summed E-state index contributed by atoms with van der Waals surface area (Å²) in [7, 11) is 3.47. The van der Waals surface area contributed by atoms with Crippen LogP contribution in [0.25, 0.3) is 0 Å². The van der Waals surface area contributed by atoms with E-state index in [0.29, 0.717) is 5.56 Å². The van der Waals surface area contributed by atoms with Crippen LogP contribution in [0.4, 0.5) is 5.69 Å². The SMILES string of the molecule is CNC(C(=O)NC(C)c1cccc([N+](=O)[O-])c1)c1cnn(C)c1. The van der Waals surface area contributed by atoms with Crippen molar-refractivity contribution in [2.24, 2.45) is 7.05 Å². The van der Waals surface area contributed by atoms with Crippen LogP contribution < -0.4 is 10.6 Å². The van der Waals surface area contributed by atoms with Crippen molar-refractivity contribution >= 4 is 11.6 Å². The molecule has 1 aromatic carbocycles. The number of benzene rings is 1. The lowest BCUT2D eigenvalue weighted by Crippen LogP contribution is -2.37. The molecule has 2 rings (SSSR count). The molecule has 0 fully saturated rings. The molecular weight excluding hydrogens is 298 g/mol. The summed E-state index contributed by atoms with van der Waals surface area (Å²) in [6.07, 6.45) is 3.39. The second kappa shape index (κ2) is 7.01. The highest BCUT2D eigenvalue weighted by molar-refractivity contribution is 5.83. The number of rotatable bonds is 6. The van der Waals surface area contributed by atoms with Gasteiger partial charge in [-0.25, -0.2) is 0 Å². The summed E-state index contributed by atoms with van der Waals surface area (Å²) in [5, 5.41) is 20.7. The molecule has 0 aliphatic heterocycles. The summed E-state index contributed by atoms with van der Waals surface area (Å²) in [6, 6.07) is 5.34. The normalized spacial score (nSPS) is 13.3. The Morgan fingerprint density at radius 3 is 2.70 bits per heavy atom. The van der Waals surface area contributed by atoms with Crippen LogP contribution in [0.15, 0.2) is 36.7 Å². The van der Waals surface area contributed by atoms with Crippen molar-refractivity contribution in [2.75, 3.05) is 7.05 Å². The largest absolute Gasteiger partial charge is 0.348 e. The molecule has 2 N–H and O–H groups in total. The standard InChI is InChI=1S/C15H19N5O3/c1-10(11-5-4-6-13(7-11)20(22)23)18-15(21)14(16-2)12-8-17-19(3)9-12/h4-10,14,16H,1-3H3,(H,18,21). The number of nitrogens with one attached hydrogen (secondary N) is 2. The van der Waals surface area contributed by atoms with Crippen molar-refractivity contribution in [2.45, 2.75) is 19.0 Å². The molecular formula is C15H19N5O3. The average Bonchev–Trinajstić information content (AvgIpc) is 2.94. The van der Waals surface area contributed by atoms with Crippen molar-refractivity contribution in [3.63, 3.8) is 0 Å². The minimum Gasteiger partial charge on any atom is -0.348 e. The summed E-state index contributed by atoms with van der Waals surface area (Å²) >= 11 is 0. The molecule has 8 heteroatoms. The highest BCUT2D eigenvalue weighted by Crippen LogP contribution is 2.20. The van der Waals surface area contributed by atoms with Crippen LogP contribution in [-0.4, -0.2) is 27.7 Å². The Morgan fingerprint density at radius 1 is 1.39 bits per heavy atom. The van der Waals surface area contributed by atoms with E-state index in [1.54, 1.807) is 50.2 Å². The van der Waals surface area contributed by atoms with Crippen molar-refractivity contribution < 1.29 is 9.72 Å². The quantitative estimate of drug-likeness (QED) is 0.620. The molecule has 0 aliphatic rings. The van der Waals surface area contributed by atoms with E-state index in [2.05, 4.69) is 15.7 Å². The van der Waals surface area contributed by atoms with Gasteiger partial charge < -0.3 is 10.6 Å². The van der Waals surface area contributed by atoms with Gasteiger partial charge in [-0.1, -0.05) is 12.1 Å². The number of nitro benzene ring substituents is 1. The molecule has 1 heterocycles. The molecule has 0 bridgehead atoms.